The predicted molar refractivity (Wildman–Crippen MR) is 164 cm³/mol. The number of amides is 3. The fourth-order valence-corrected chi connectivity index (χ4v) is 5.44. The highest BCUT2D eigenvalue weighted by molar-refractivity contribution is 6.23. The number of anilines is 1. The summed E-state index contributed by atoms with van der Waals surface area (Å²) in [5.74, 6) is -1.66. The summed E-state index contributed by atoms with van der Waals surface area (Å²) in [6, 6.07) is 16.5. The van der Waals surface area contributed by atoms with Gasteiger partial charge in [0.2, 0.25) is 0 Å². The number of rotatable bonds is 11. The summed E-state index contributed by atoms with van der Waals surface area (Å²) in [7, 11) is 0. The Morgan fingerprint density at radius 2 is 1.40 bits per heavy atom. The average molecular weight is 567 g/mol. The zero-order valence-corrected chi connectivity index (χ0v) is 25.2. The largest absolute Gasteiger partial charge is 0.322 e. The second-order valence-electron chi connectivity index (χ2n) is 11.5. The van der Waals surface area contributed by atoms with Gasteiger partial charge in [0.05, 0.1) is 16.7 Å². The maximum atomic E-state index is 13.4. The Bertz CT molecular complexity index is 1580. The summed E-state index contributed by atoms with van der Waals surface area (Å²) in [6.45, 7) is 12.2. The number of carbonyl (C=O) groups excluding carboxylic acids is 5. The molecule has 218 valence electrons. The first-order valence-electron chi connectivity index (χ1n) is 14.6. The predicted octanol–water partition coefficient (Wildman–Crippen LogP) is 7.23. The van der Waals surface area contributed by atoms with E-state index in [1.807, 2.05) is 39.0 Å². The number of carbonyl (C=O) groups is 5. The highest BCUT2D eigenvalue weighted by Crippen LogP contribution is 2.35. The van der Waals surface area contributed by atoms with Crippen molar-refractivity contribution < 1.29 is 24.0 Å². The lowest BCUT2D eigenvalue weighted by atomic mass is 9.78. The molecule has 0 fully saturated rings. The Hall–Kier alpha value is -4.39. The molecule has 3 aromatic carbocycles. The van der Waals surface area contributed by atoms with E-state index in [1.54, 1.807) is 6.07 Å². The molecule has 1 aliphatic heterocycles. The van der Waals surface area contributed by atoms with Gasteiger partial charge in [0.1, 0.15) is 0 Å². The van der Waals surface area contributed by atoms with Gasteiger partial charge in [-0.3, -0.25) is 28.9 Å². The lowest BCUT2D eigenvalue weighted by Gasteiger charge is -2.35. The van der Waals surface area contributed by atoms with Crippen molar-refractivity contribution in [2.75, 3.05) is 5.32 Å². The van der Waals surface area contributed by atoms with Crippen molar-refractivity contribution in [2.24, 2.45) is 0 Å². The fourth-order valence-electron chi connectivity index (χ4n) is 5.44. The van der Waals surface area contributed by atoms with Gasteiger partial charge >= 0.3 is 0 Å². The van der Waals surface area contributed by atoms with Crippen LogP contribution >= 0.6 is 0 Å². The van der Waals surface area contributed by atoms with Crippen LogP contribution in [-0.2, 0) is 5.41 Å². The van der Waals surface area contributed by atoms with E-state index >= 15 is 0 Å². The van der Waals surface area contributed by atoms with E-state index in [2.05, 4.69) is 26.1 Å². The van der Waals surface area contributed by atoms with Gasteiger partial charge in [-0.1, -0.05) is 58.9 Å². The maximum Gasteiger partial charge on any atom is 0.262 e. The molecule has 3 aromatic rings. The van der Waals surface area contributed by atoms with Crippen LogP contribution in [0.3, 0.4) is 0 Å². The Morgan fingerprint density at radius 1 is 0.786 bits per heavy atom. The molecule has 0 radical (unpaired) electrons. The Kier molecular flexibility index (Phi) is 8.62. The number of benzene rings is 3. The van der Waals surface area contributed by atoms with E-state index in [-0.39, 0.29) is 44.7 Å². The normalized spacial score (nSPS) is 13.2. The van der Waals surface area contributed by atoms with Crippen LogP contribution in [-0.4, -0.2) is 40.2 Å². The van der Waals surface area contributed by atoms with Gasteiger partial charge in [-0.15, -0.1) is 0 Å². The van der Waals surface area contributed by atoms with Crippen LogP contribution in [0.2, 0.25) is 0 Å². The van der Waals surface area contributed by atoms with Crippen molar-refractivity contribution in [3.8, 4) is 0 Å². The van der Waals surface area contributed by atoms with Crippen molar-refractivity contribution in [3.63, 3.8) is 0 Å². The number of nitrogens with one attached hydrogen (secondary N) is 1. The summed E-state index contributed by atoms with van der Waals surface area (Å²) in [5, 5.41) is 2.88. The van der Waals surface area contributed by atoms with Gasteiger partial charge in [0.25, 0.3) is 17.7 Å². The minimum absolute atomic E-state index is 0.0177. The molecule has 7 heteroatoms. The second kappa shape index (κ2) is 11.8. The smallest absolute Gasteiger partial charge is 0.262 e. The third kappa shape index (κ3) is 5.31. The van der Waals surface area contributed by atoms with E-state index in [0.29, 0.717) is 24.8 Å². The van der Waals surface area contributed by atoms with Gasteiger partial charge in [-0.2, -0.15) is 0 Å². The molecule has 7 nitrogen and oxygen atoms in total. The molecule has 1 N–H and O–H groups in total. The molecule has 0 aliphatic carbocycles. The summed E-state index contributed by atoms with van der Waals surface area (Å²) in [6.07, 6.45) is 3.67. The lowest BCUT2D eigenvalue weighted by molar-refractivity contribution is 0.0434. The van der Waals surface area contributed by atoms with Crippen LogP contribution in [0.1, 0.15) is 130 Å². The van der Waals surface area contributed by atoms with Gasteiger partial charge in [-0.05, 0) is 80.0 Å². The molecule has 0 saturated carbocycles. The third-order valence-electron chi connectivity index (χ3n) is 9.28. The molecule has 42 heavy (non-hydrogen) atoms. The molecule has 0 saturated heterocycles. The van der Waals surface area contributed by atoms with E-state index < -0.39 is 23.1 Å². The second-order valence-corrected chi connectivity index (χ2v) is 11.5. The van der Waals surface area contributed by atoms with E-state index in [4.69, 9.17) is 0 Å². The Morgan fingerprint density at radius 3 is 2.02 bits per heavy atom. The first kappa shape index (κ1) is 30.6. The zero-order valence-electron chi connectivity index (χ0n) is 25.2. The highest BCUT2D eigenvalue weighted by Gasteiger charge is 2.44. The van der Waals surface area contributed by atoms with Crippen molar-refractivity contribution in [1.29, 1.82) is 0 Å². The van der Waals surface area contributed by atoms with Crippen LogP contribution in [0.25, 0.3) is 0 Å². The monoisotopic (exact) mass is 566 g/mol. The molecule has 1 heterocycles. The number of nitrogens with zero attached hydrogens (tertiary/aromatic N) is 1. The quantitative estimate of drug-likeness (QED) is 0.150. The minimum Gasteiger partial charge on any atom is -0.322 e. The van der Waals surface area contributed by atoms with Crippen LogP contribution in [0.15, 0.2) is 60.7 Å². The number of hydrogen-bond donors (Lipinski definition) is 1. The van der Waals surface area contributed by atoms with E-state index in [1.165, 1.54) is 41.3 Å². The summed E-state index contributed by atoms with van der Waals surface area (Å²) >= 11 is 0. The van der Waals surface area contributed by atoms with E-state index in [0.717, 1.165) is 18.4 Å². The van der Waals surface area contributed by atoms with Crippen LogP contribution in [0.4, 0.5) is 5.69 Å². The van der Waals surface area contributed by atoms with Crippen LogP contribution in [0.5, 0.6) is 0 Å². The van der Waals surface area contributed by atoms with Gasteiger partial charge in [0, 0.05) is 27.9 Å². The lowest BCUT2D eigenvalue weighted by Crippen LogP contribution is -2.48. The minimum atomic E-state index is -0.625. The van der Waals surface area contributed by atoms with Gasteiger partial charge in [0.15, 0.2) is 12.1 Å². The number of ketones is 1. The molecule has 3 amide bonds. The van der Waals surface area contributed by atoms with Gasteiger partial charge < -0.3 is 5.32 Å². The highest BCUT2D eigenvalue weighted by atomic mass is 16.2. The zero-order chi connectivity index (χ0) is 30.8. The van der Waals surface area contributed by atoms with Gasteiger partial charge in [-0.25, -0.2) is 0 Å². The molecule has 0 aromatic heterocycles. The SMILES string of the molecule is CCC(C)(CC)c1cccc(NC(=O)c2ccc(C(=O)c3ccc4c(c3)C(=O)N(C(C)(CC)CC)C4=O)cc2C=O)c1. The molecule has 4 rings (SSSR count). The molecular weight excluding hydrogens is 528 g/mol. The molecule has 0 unspecified atom stereocenters. The number of imide groups is 1. The fraction of sp³-hybridized carbons (Fsp3) is 0.343. The average Bonchev–Trinajstić information content (AvgIpc) is 3.28. The molecular formula is C35H38N2O5. The first-order chi connectivity index (χ1) is 20.0. The van der Waals surface area contributed by atoms with Crippen molar-refractivity contribution in [2.45, 2.75) is 78.2 Å². The van der Waals surface area contributed by atoms with Crippen molar-refractivity contribution in [3.05, 3.63) is 99.6 Å². The summed E-state index contributed by atoms with van der Waals surface area (Å²) in [5.41, 5.74) is 2.18. The molecule has 0 atom stereocenters. The summed E-state index contributed by atoms with van der Waals surface area (Å²) in [4.78, 5) is 66.2. The number of aldehydes is 1. The van der Waals surface area contributed by atoms with E-state index in [9.17, 15) is 24.0 Å². The topological polar surface area (TPSA) is 101 Å². The van der Waals surface area contributed by atoms with Crippen LogP contribution in [0, 0.1) is 0 Å². The van der Waals surface area contributed by atoms with Crippen molar-refractivity contribution >= 4 is 35.5 Å². The number of fused-ring (bicyclic) bond motifs is 1. The number of hydrogen-bond acceptors (Lipinski definition) is 5. The molecule has 0 spiro atoms. The Balaban J connectivity index is 1.59. The molecule has 0 bridgehead atoms. The summed E-state index contributed by atoms with van der Waals surface area (Å²) < 4.78 is 0. The molecule has 1 aliphatic rings. The Labute approximate surface area is 247 Å². The first-order valence-corrected chi connectivity index (χ1v) is 14.6. The van der Waals surface area contributed by atoms with Crippen LogP contribution < -0.4 is 5.32 Å². The third-order valence-corrected chi connectivity index (χ3v) is 9.28. The maximum absolute atomic E-state index is 13.4. The standard InChI is InChI=1S/C35H38N2O5/c1-7-34(5,8-2)25-12-11-13-26(20-25)36-31(40)27-16-14-22(18-24(27)21-38)30(39)23-15-17-28-29(19-23)33(42)37(32(28)41)35(6,9-3)10-4/h11-21H,7-10H2,1-6H3,(H,36,40). The van der Waals surface area contributed by atoms with Crippen molar-refractivity contribution in [1.82, 2.24) is 4.90 Å².